The molecule has 5 heteroatoms. The molecule has 0 radical (unpaired) electrons. The highest BCUT2D eigenvalue weighted by Crippen LogP contribution is 2.18. The van der Waals surface area contributed by atoms with Crippen LogP contribution in [0.2, 0.25) is 6.04 Å². The molecular weight excluding hydrogens is 282 g/mol. The van der Waals surface area contributed by atoms with Crippen molar-refractivity contribution >= 4 is 14.5 Å². The van der Waals surface area contributed by atoms with Gasteiger partial charge in [-0.25, -0.2) is 0 Å². The molecule has 0 heterocycles. The van der Waals surface area contributed by atoms with Crippen LogP contribution >= 0.6 is 0 Å². The Morgan fingerprint density at radius 1 is 1.00 bits per heavy atom. The molecule has 0 fully saturated rings. The Kier molecular flexibility index (Phi) is 12.2. The quantitative estimate of drug-likeness (QED) is 0.288. The van der Waals surface area contributed by atoms with E-state index in [1.54, 1.807) is 0 Å². The maximum Gasteiger partial charge on any atom is 0.500 e. The first-order valence-electron chi connectivity index (χ1n) is 8.41. The number of rotatable bonds is 13. The van der Waals surface area contributed by atoms with Gasteiger partial charge in [0.15, 0.2) is 0 Å². The summed E-state index contributed by atoms with van der Waals surface area (Å²) < 4.78 is 17.5. The van der Waals surface area contributed by atoms with Gasteiger partial charge in [-0.2, -0.15) is 0 Å². The van der Waals surface area contributed by atoms with E-state index in [2.05, 4.69) is 25.8 Å². The van der Waals surface area contributed by atoms with Crippen molar-refractivity contribution in [3.8, 4) is 0 Å². The number of nitrogens with zero attached hydrogens (tertiary/aromatic N) is 1. The molecule has 0 saturated heterocycles. The molecule has 0 aromatic rings. The van der Waals surface area contributed by atoms with Crippen molar-refractivity contribution in [3.63, 3.8) is 0 Å². The van der Waals surface area contributed by atoms with Crippen LogP contribution in [0.15, 0.2) is 4.99 Å². The SMILES string of the molecule is CCO[Si](CCCN=C(C)CCC(C)C)(OCC)OCC. The van der Waals surface area contributed by atoms with Gasteiger partial charge in [0.25, 0.3) is 0 Å². The van der Waals surface area contributed by atoms with Crippen LogP contribution in [0.5, 0.6) is 0 Å². The average molecular weight is 318 g/mol. The maximum atomic E-state index is 5.84. The Balaban J connectivity index is 4.25. The molecule has 0 unspecified atom stereocenters. The van der Waals surface area contributed by atoms with Gasteiger partial charge in [-0.3, -0.25) is 4.99 Å². The first kappa shape index (κ1) is 20.8. The lowest BCUT2D eigenvalue weighted by Gasteiger charge is -2.28. The molecule has 0 amide bonds. The lowest BCUT2D eigenvalue weighted by Crippen LogP contribution is -2.46. The van der Waals surface area contributed by atoms with Gasteiger partial charge in [0, 0.05) is 38.1 Å². The zero-order chi connectivity index (χ0) is 16.1. The molecule has 0 aromatic heterocycles. The summed E-state index contributed by atoms with van der Waals surface area (Å²) in [5, 5.41) is 0. The second-order valence-electron chi connectivity index (χ2n) is 5.64. The number of aliphatic imine (C=N–C) groups is 1. The summed E-state index contributed by atoms with van der Waals surface area (Å²) in [6.07, 6.45) is 3.28. The Morgan fingerprint density at radius 3 is 1.95 bits per heavy atom. The van der Waals surface area contributed by atoms with E-state index >= 15 is 0 Å². The highest BCUT2D eigenvalue weighted by Gasteiger charge is 2.39. The van der Waals surface area contributed by atoms with Crippen LogP contribution in [0.25, 0.3) is 0 Å². The zero-order valence-corrected chi connectivity index (χ0v) is 15.9. The fraction of sp³-hybridized carbons (Fsp3) is 0.938. The molecule has 0 aliphatic rings. The van der Waals surface area contributed by atoms with E-state index in [1.807, 2.05) is 20.8 Å². The molecule has 0 rings (SSSR count). The number of hydrogen-bond donors (Lipinski definition) is 0. The third-order valence-corrected chi connectivity index (χ3v) is 6.35. The summed E-state index contributed by atoms with van der Waals surface area (Å²) in [4.78, 5) is 4.65. The Hall–Kier alpha value is -0.233. The summed E-state index contributed by atoms with van der Waals surface area (Å²) in [5.41, 5.74) is 1.25. The second-order valence-corrected chi connectivity index (χ2v) is 8.37. The van der Waals surface area contributed by atoms with Crippen molar-refractivity contribution in [3.05, 3.63) is 0 Å². The normalized spacial score (nSPS) is 13.2. The minimum atomic E-state index is -2.47. The lowest BCUT2D eigenvalue weighted by molar-refractivity contribution is 0.0710. The monoisotopic (exact) mass is 317 g/mol. The molecule has 21 heavy (non-hydrogen) atoms. The van der Waals surface area contributed by atoms with E-state index in [0.717, 1.165) is 31.3 Å². The van der Waals surface area contributed by atoms with Crippen LogP contribution in [-0.2, 0) is 13.3 Å². The van der Waals surface area contributed by atoms with Crippen LogP contribution in [0.4, 0.5) is 0 Å². The van der Waals surface area contributed by atoms with Gasteiger partial charge in [-0.15, -0.1) is 0 Å². The molecule has 0 saturated carbocycles. The summed E-state index contributed by atoms with van der Waals surface area (Å²) >= 11 is 0. The van der Waals surface area contributed by atoms with E-state index in [0.29, 0.717) is 19.8 Å². The Bertz CT molecular complexity index is 266. The predicted octanol–water partition coefficient (Wildman–Crippen LogP) is 4.32. The van der Waals surface area contributed by atoms with Gasteiger partial charge >= 0.3 is 8.80 Å². The van der Waals surface area contributed by atoms with E-state index in [4.69, 9.17) is 13.3 Å². The summed E-state index contributed by atoms with van der Waals surface area (Å²) in [6, 6.07) is 0.851. The van der Waals surface area contributed by atoms with E-state index in [9.17, 15) is 0 Å². The lowest BCUT2D eigenvalue weighted by atomic mass is 10.1. The third-order valence-electron chi connectivity index (χ3n) is 3.20. The smallest absolute Gasteiger partial charge is 0.374 e. The molecule has 0 N–H and O–H groups in total. The van der Waals surface area contributed by atoms with Crippen LogP contribution in [0.3, 0.4) is 0 Å². The molecule has 0 aliphatic heterocycles. The van der Waals surface area contributed by atoms with Crippen LogP contribution < -0.4 is 0 Å². The van der Waals surface area contributed by atoms with Crippen molar-refractivity contribution in [2.45, 2.75) is 66.8 Å². The highest BCUT2D eigenvalue weighted by molar-refractivity contribution is 6.60. The van der Waals surface area contributed by atoms with Crippen molar-refractivity contribution in [1.82, 2.24) is 0 Å². The Labute approximate surface area is 132 Å². The minimum Gasteiger partial charge on any atom is -0.374 e. The van der Waals surface area contributed by atoms with Crippen molar-refractivity contribution in [2.24, 2.45) is 10.9 Å². The maximum absolute atomic E-state index is 5.84. The first-order chi connectivity index (χ1) is 9.99. The second kappa shape index (κ2) is 12.3. The standard InChI is InChI=1S/C16H35NO3Si/c1-7-18-21(19-8-2,20-9-3)14-10-13-17-16(6)12-11-15(4)5/h15H,7-14H2,1-6H3. The van der Waals surface area contributed by atoms with Gasteiger partial charge in [-0.05, 0) is 52.9 Å². The van der Waals surface area contributed by atoms with E-state index in [-0.39, 0.29) is 0 Å². The van der Waals surface area contributed by atoms with E-state index < -0.39 is 8.80 Å². The van der Waals surface area contributed by atoms with Crippen molar-refractivity contribution in [1.29, 1.82) is 0 Å². The van der Waals surface area contributed by atoms with Crippen LogP contribution in [-0.4, -0.2) is 40.9 Å². The Morgan fingerprint density at radius 2 is 1.52 bits per heavy atom. The molecule has 0 aromatic carbocycles. The van der Waals surface area contributed by atoms with Crippen molar-refractivity contribution in [2.75, 3.05) is 26.4 Å². The fourth-order valence-electron chi connectivity index (χ4n) is 2.14. The van der Waals surface area contributed by atoms with Gasteiger partial charge in [0.1, 0.15) is 0 Å². The molecular formula is C16H35NO3Si. The fourth-order valence-corrected chi connectivity index (χ4v) is 4.74. The van der Waals surface area contributed by atoms with Gasteiger partial charge < -0.3 is 13.3 Å². The largest absolute Gasteiger partial charge is 0.500 e. The first-order valence-corrected chi connectivity index (χ1v) is 10.3. The minimum absolute atomic E-state index is 0.642. The van der Waals surface area contributed by atoms with E-state index in [1.165, 1.54) is 12.1 Å². The van der Waals surface area contributed by atoms with Crippen LogP contribution in [0, 0.1) is 5.92 Å². The van der Waals surface area contributed by atoms with Crippen molar-refractivity contribution < 1.29 is 13.3 Å². The molecule has 0 atom stereocenters. The topological polar surface area (TPSA) is 40.0 Å². The highest BCUT2D eigenvalue weighted by atomic mass is 28.4. The third kappa shape index (κ3) is 10.2. The zero-order valence-electron chi connectivity index (χ0n) is 14.9. The summed E-state index contributed by atoms with van der Waals surface area (Å²) in [7, 11) is -2.47. The summed E-state index contributed by atoms with van der Waals surface area (Å²) in [5.74, 6) is 0.740. The van der Waals surface area contributed by atoms with Gasteiger partial charge in [-0.1, -0.05) is 13.8 Å². The van der Waals surface area contributed by atoms with Crippen LogP contribution in [0.1, 0.15) is 60.8 Å². The van der Waals surface area contributed by atoms with Gasteiger partial charge in [0.2, 0.25) is 0 Å². The molecule has 0 aliphatic carbocycles. The molecule has 4 nitrogen and oxygen atoms in total. The average Bonchev–Trinajstić information content (AvgIpc) is 2.42. The predicted molar refractivity (Wildman–Crippen MR) is 92.1 cm³/mol. The number of hydrogen-bond acceptors (Lipinski definition) is 4. The molecule has 0 spiro atoms. The summed E-state index contributed by atoms with van der Waals surface area (Å²) in [6.45, 7) is 15.4. The molecule has 0 bridgehead atoms. The molecule has 126 valence electrons. The van der Waals surface area contributed by atoms with Gasteiger partial charge in [0.05, 0.1) is 0 Å².